The summed E-state index contributed by atoms with van der Waals surface area (Å²) < 4.78 is 8.08. The lowest BCUT2D eigenvalue weighted by atomic mass is 9.95. The first-order valence-corrected chi connectivity index (χ1v) is 11.5. The number of piperidine rings is 1. The van der Waals surface area contributed by atoms with Crippen molar-refractivity contribution in [1.82, 2.24) is 14.5 Å². The van der Waals surface area contributed by atoms with Crippen molar-refractivity contribution in [2.75, 3.05) is 18.4 Å². The number of fused-ring (bicyclic) bond motifs is 1. The second-order valence-corrected chi connectivity index (χ2v) is 8.77. The summed E-state index contributed by atoms with van der Waals surface area (Å²) >= 11 is 0. The van der Waals surface area contributed by atoms with E-state index in [0.717, 1.165) is 22.5 Å². The molecule has 0 bridgehead atoms. The Morgan fingerprint density at radius 2 is 1.76 bits per heavy atom. The molecule has 3 aromatic rings. The Hall–Kier alpha value is -3.45. The zero-order valence-electron chi connectivity index (χ0n) is 18.7. The average molecular weight is 445 g/mol. The van der Waals surface area contributed by atoms with Crippen LogP contribution in [0, 0.1) is 12.8 Å². The van der Waals surface area contributed by atoms with Gasteiger partial charge in [0.05, 0.1) is 25.2 Å². The Morgan fingerprint density at radius 1 is 1.03 bits per heavy atom. The summed E-state index contributed by atoms with van der Waals surface area (Å²) in [6.45, 7) is 4.07. The van der Waals surface area contributed by atoms with Gasteiger partial charge in [-0.1, -0.05) is 48.5 Å². The number of nitrogens with zero attached hydrogens (tertiary/aromatic N) is 3. The fourth-order valence-corrected chi connectivity index (χ4v) is 4.62. The quantitative estimate of drug-likeness (QED) is 0.661. The Kier molecular flexibility index (Phi) is 5.96. The normalized spacial score (nSPS) is 18.6. The molecule has 170 valence electrons. The molecule has 0 spiro atoms. The molecule has 1 fully saturated rings. The second kappa shape index (κ2) is 9.19. The van der Waals surface area contributed by atoms with Crippen LogP contribution in [0.1, 0.15) is 46.3 Å². The fraction of sp³-hybridized carbons (Fsp3) is 0.346. The maximum absolute atomic E-state index is 13.2. The maximum Gasteiger partial charge on any atom is 0.274 e. The van der Waals surface area contributed by atoms with E-state index in [1.54, 1.807) is 6.33 Å². The van der Waals surface area contributed by atoms with E-state index in [0.29, 0.717) is 44.8 Å². The van der Waals surface area contributed by atoms with Gasteiger partial charge in [-0.05, 0) is 37.0 Å². The van der Waals surface area contributed by atoms with Crippen molar-refractivity contribution in [2.24, 2.45) is 5.92 Å². The highest BCUT2D eigenvalue weighted by Crippen LogP contribution is 2.29. The molecule has 2 aliphatic heterocycles. The van der Waals surface area contributed by atoms with Crippen molar-refractivity contribution in [2.45, 2.75) is 39.0 Å². The van der Waals surface area contributed by atoms with E-state index in [2.05, 4.69) is 22.4 Å². The number of benzene rings is 2. The van der Waals surface area contributed by atoms with E-state index >= 15 is 0 Å². The summed E-state index contributed by atoms with van der Waals surface area (Å²) in [5, 5.41) is 3.04. The molecule has 0 radical (unpaired) electrons. The van der Waals surface area contributed by atoms with Gasteiger partial charge in [-0.25, -0.2) is 4.98 Å². The summed E-state index contributed by atoms with van der Waals surface area (Å²) in [5.74, 6) is -0.154. The van der Waals surface area contributed by atoms with Gasteiger partial charge in [-0.2, -0.15) is 0 Å². The van der Waals surface area contributed by atoms with Crippen LogP contribution in [0.4, 0.5) is 5.69 Å². The first-order chi connectivity index (χ1) is 16.1. The van der Waals surface area contributed by atoms with Crippen LogP contribution < -0.4 is 5.32 Å². The fourth-order valence-electron chi connectivity index (χ4n) is 4.62. The lowest BCUT2D eigenvalue weighted by Crippen LogP contribution is -2.42. The van der Waals surface area contributed by atoms with E-state index < -0.39 is 0 Å². The van der Waals surface area contributed by atoms with Crippen LogP contribution in [-0.2, 0) is 22.7 Å². The van der Waals surface area contributed by atoms with Crippen molar-refractivity contribution >= 4 is 17.5 Å². The molecule has 1 atom stereocenters. The van der Waals surface area contributed by atoms with Gasteiger partial charge in [0.1, 0.15) is 6.10 Å². The Morgan fingerprint density at radius 3 is 2.52 bits per heavy atom. The number of anilines is 1. The number of rotatable bonds is 4. The van der Waals surface area contributed by atoms with Crippen LogP contribution in [0.15, 0.2) is 60.9 Å². The Labute approximate surface area is 193 Å². The van der Waals surface area contributed by atoms with Crippen LogP contribution in [0.2, 0.25) is 0 Å². The number of likely N-dealkylation sites (tertiary alicyclic amines) is 1. The van der Waals surface area contributed by atoms with Crippen molar-refractivity contribution in [3.63, 3.8) is 0 Å². The van der Waals surface area contributed by atoms with Gasteiger partial charge in [0.25, 0.3) is 5.91 Å². The highest BCUT2D eigenvalue weighted by Gasteiger charge is 2.32. The lowest BCUT2D eigenvalue weighted by molar-refractivity contribution is -0.121. The van der Waals surface area contributed by atoms with Crippen molar-refractivity contribution < 1.29 is 14.3 Å². The number of para-hydroxylation sites is 1. The third-order valence-corrected chi connectivity index (χ3v) is 6.66. The van der Waals surface area contributed by atoms with Crippen molar-refractivity contribution in [3.05, 3.63) is 83.4 Å². The van der Waals surface area contributed by atoms with E-state index in [-0.39, 0.29) is 23.8 Å². The molecule has 7 heteroatoms. The van der Waals surface area contributed by atoms with Gasteiger partial charge in [0, 0.05) is 24.7 Å². The third kappa shape index (κ3) is 4.41. The zero-order valence-corrected chi connectivity index (χ0v) is 18.7. The minimum atomic E-state index is -0.0977. The Bertz CT molecular complexity index is 1150. The molecule has 33 heavy (non-hydrogen) atoms. The second-order valence-electron chi connectivity index (χ2n) is 8.77. The smallest absolute Gasteiger partial charge is 0.274 e. The highest BCUT2D eigenvalue weighted by atomic mass is 16.5. The largest absolute Gasteiger partial charge is 0.365 e. The molecule has 1 saturated heterocycles. The molecule has 3 heterocycles. The van der Waals surface area contributed by atoms with Crippen molar-refractivity contribution in [3.8, 4) is 0 Å². The van der Waals surface area contributed by atoms with Crippen LogP contribution in [0.3, 0.4) is 0 Å². The standard InChI is InChI=1S/C26H28N4O3/c1-18-7-5-6-10-21(18)28-25(31)20-11-13-29(14-12-20)26(32)24-22-16-33-23(15-30(22)17-27-24)19-8-3-2-4-9-19/h2-10,17,20,23H,11-16H2,1H3,(H,28,31). The van der Waals surface area contributed by atoms with Crippen LogP contribution >= 0.6 is 0 Å². The molecule has 2 aromatic carbocycles. The van der Waals surface area contributed by atoms with Gasteiger partial charge < -0.3 is 19.5 Å². The monoisotopic (exact) mass is 444 g/mol. The van der Waals surface area contributed by atoms with Gasteiger partial charge in [-0.3, -0.25) is 9.59 Å². The van der Waals surface area contributed by atoms with E-state index in [4.69, 9.17) is 4.74 Å². The van der Waals surface area contributed by atoms with E-state index in [9.17, 15) is 9.59 Å². The van der Waals surface area contributed by atoms with Crippen LogP contribution in [0.25, 0.3) is 0 Å². The van der Waals surface area contributed by atoms with E-state index in [1.807, 2.05) is 58.9 Å². The van der Waals surface area contributed by atoms with Crippen LogP contribution in [-0.4, -0.2) is 39.4 Å². The van der Waals surface area contributed by atoms with Gasteiger partial charge in [0.2, 0.25) is 5.91 Å². The average Bonchev–Trinajstić information content (AvgIpc) is 3.29. The number of aromatic nitrogens is 2. The summed E-state index contributed by atoms with van der Waals surface area (Å²) in [7, 11) is 0. The number of nitrogens with one attached hydrogen (secondary N) is 1. The molecule has 7 nitrogen and oxygen atoms in total. The maximum atomic E-state index is 13.2. The summed E-state index contributed by atoms with van der Waals surface area (Å²) in [4.78, 5) is 32.2. The summed E-state index contributed by atoms with van der Waals surface area (Å²) in [5.41, 5.74) is 4.30. The number of aryl methyl sites for hydroxylation is 1. The predicted molar refractivity (Wildman–Crippen MR) is 125 cm³/mol. The molecule has 5 rings (SSSR count). The first-order valence-electron chi connectivity index (χ1n) is 11.5. The lowest BCUT2D eigenvalue weighted by Gasteiger charge is -2.31. The molecule has 2 amide bonds. The number of amides is 2. The molecular weight excluding hydrogens is 416 g/mol. The molecule has 0 saturated carbocycles. The molecular formula is C26H28N4O3. The zero-order chi connectivity index (χ0) is 22.8. The molecule has 1 aromatic heterocycles. The summed E-state index contributed by atoms with van der Waals surface area (Å²) in [6, 6.07) is 17.9. The van der Waals surface area contributed by atoms with Crippen molar-refractivity contribution in [1.29, 1.82) is 0 Å². The SMILES string of the molecule is Cc1ccccc1NC(=O)C1CCN(C(=O)c2ncn3c2COC(c2ccccc2)C3)CC1. The molecule has 1 unspecified atom stereocenters. The number of carbonyl (C=O) groups is 2. The van der Waals surface area contributed by atoms with Crippen LogP contribution in [0.5, 0.6) is 0 Å². The topological polar surface area (TPSA) is 76.5 Å². The minimum absolute atomic E-state index is 0.0242. The predicted octanol–water partition coefficient (Wildman–Crippen LogP) is 3.95. The number of ether oxygens (including phenoxy) is 1. The van der Waals surface area contributed by atoms with E-state index in [1.165, 1.54) is 0 Å². The first kappa shape index (κ1) is 21.4. The number of hydrogen-bond donors (Lipinski definition) is 1. The third-order valence-electron chi connectivity index (χ3n) is 6.66. The number of carbonyl (C=O) groups excluding carboxylic acids is 2. The summed E-state index contributed by atoms with van der Waals surface area (Å²) in [6.07, 6.45) is 2.99. The van der Waals surface area contributed by atoms with Gasteiger partial charge in [-0.15, -0.1) is 0 Å². The molecule has 1 N–H and O–H groups in total. The number of hydrogen-bond acceptors (Lipinski definition) is 4. The number of imidazole rings is 1. The highest BCUT2D eigenvalue weighted by molar-refractivity contribution is 5.95. The van der Waals surface area contributed by atoms with Gasteiger partial charge >= 0.3 is 0 Å². The Balaban J connectivity index is 1.20. The molecule has 0 aliphatic carbocycles. The molecule has 2 aliphatic rings. The van der Waals surface area contributed by atoms with Gasteiger partial charge in [0.15, 0.2) is 5.69 Å². The minimum Gasteiger partial charge on any atom is -0.365 e.